The molecule has 1 aromatic rings. The van der Waals surface area contributed by atoms with Crippen molar-refractivity contribution in [1.29, 1.82) is 0 Å². The zero-order chi connectivity index (χ0) is 19.3. The van der Waals surface area contributed by atoms with Crippen molar-refractivity contribution in [2.24, 2.45) is 11.8 Å². The number of aliphatic carboxylic acids is 1. The van der Waals surface area contributed by atoms with Gasteiger partial charge in [-0.1, -0.05) is 26.7 Å². The van der Waals surface area contributed by atoms with Gasteiger partial charge in [0.1, 0.15) is 0 Å². The van der Waals surface area contributed by atoms with Crippen LogP contribution in [0.4, 0.5) is 5.69 Å². The lowest BCUT2D eigenvalue weighted by molar-refractivity contribution is -0.147. The highest BCUT2D eigenvalue weighted by Crippen LogP contribution is 2.31. The summed E-state index contributed by atoms with van der Waals surface area (Å²) in [4.78, 5) is 24.0. The molecule has 0 bridgehead atoms. The van der Waals surface area contributed by atoms with E-state index < -0.39 is 27.8 Å². The normalized spacial score (nSPS) is 20.7. The largest absolute Gasteiger partial charge is 0.481 e. The summed E-state index contributed by atoms with van der Waals surface area (Å²) in [6.07, 6.45) is 2.72. The van der Waals surface area contributed by atoms with Crippen LogP contribution in [0.25, 0.3) is 0 Å². The van der Waals surface area contributed by atoms with Gasteiger partial charge >= 0.3 is 5.97 Å². The Morgan fingerprint density at radius 1 is 1.08 bits per heavy atom. The van der Waals surface area contributed by atoms with Crippen LogP contribution in [0.1, 0.15) is 39.5 Å². The van der Waals surface area contributed by atoms with Crippen LogP contribution in [0.5, 0.6) is 0 Å². The average Bonchev–Trinajstić information content (AvgIpc) is 2.63. The van der Waals surface area contributed by atoms with E-state index in [-0.39, 0.29) is 10.8 Å². The lowest BCUT2D eigenvalue weighted by Crippen LogP contribution is -2.36. The van der Waals surface area contributed by atoms with E-state index in [1.807, 2.05) is 0 Å². The Morgan fingerprint density at radius 2 is 1.62 bits per heavy atom. The minimum absolute atomic E-state index is 0.167. The maximum absolute atomic E-state index is 12.5. The first kappa shape index (κ1) is 20.4. The summed E-state index contributed by atoms with van der Waals surface area (Å²) in [5.74, 6) is -2.48. The number of nitrogens with one attached hydrogen (secondary N) is 1. The number of carbonyl (C=O) groups is 2. The fraction of sp³-hybridized carbons (Fsp3) is 0.556. The monoisotopic (exact) mass is 382 g/mol. The Morgan fingerprint density at radius 3 is 2.12 bits per heavy atom. The highest BCUT2D eigenvalue weighted by molar-refractivity contribution is 7.89. The fourth-order valence-corrected chi connectivity index (χ4v) is 4.86. The van der Waals surface area contributed by atoms with Crippen molar-refractivity contribution in [1.82, 2.24) is 4.31 Å². The van der Waals surface area contributed by atoms with Crippen molar-refractivity contribution in [3.8, 4) is 0 Å². The summed E-state index contributed by atoms with van der Waals surface area (Å²) < 4.78 is 26.3. The van der Waals surface area contributed by atoms with Crippen molar-refractivity contribution >= 4 is 27.6 Å². The number of carbonyl (C=O) groups excluding carboxylic acids is 1. The van der Waals surface area contributed by atoms with Crippen LogP contribution in [-0.2, 0) is 19.6 Å². The van der Waals surface area contributed by atoms with Gasteiger partial charge in [-0.05, 0) is 37.1 Å². The molecule has 0 aliphatic heterocycles. The molecule has 2 N–H and O–H groups in total. The number of carboxylic acids is 1. The van der Waals surface area contributed by atoms with E-state index in [1.54, 1.807) is 13.8 Å². The van der Waals surface area contributed by atoms with Crippen LogP contribution in [0.2, 0.25) is 0 Å². The molecule has 1 aliphatic carbocycles. The fourth-order valence-electron chi connectivity index (χ4n) is 3.40. The number of anilines is 1. The van der Waals surface area contributed by atoms with Gasteiger partial charge in [0.25, 0.3) is 0 Å². The standard InChI is InChI=1S/C18H26N2O5S/c1-3-20(4-2)26(24,25)14-11-9-13(10-12-14)19-17(21)15-7-5-6-8-16(15)18(22)23/h9-12,15-16H,3-8H2,1-2H3,(H,19,21)(H,22,23)/t15-,16-/m0/s1. The van der Waals surface area contributed by atoms with Crippen molar-refractivity contribution in [2.45, 2.75) is 44.4 Å². The topological polar surface area (TPSA) is 104 Å². The van der Waals surface area contributed by atoms with Crippen LogP contribution in [0.3, 0.4) is 0 Å². The molecule has 1 amide bonds. The summed E-state index contributed by atoms with van der Waals surface area (Å²) in [6, 6.07) is 5.98. The molecule has 0 saturated heterocycles. The van der Waals surface area contributed by atoms with E-state index >= 15 is 0 Å². The van der Waals surface area contributed by atoms with Crippen molar-refractivity contribution in [3.05, 3.63) is 24.3 Å². The molecule has 0 unspecified atom stereocenters. The maximum atomic E-state index is 12.5. The third-order valence-corrected chi connectivity index (χ3v) is 6.95. The first-order valence-electron chi connectivity index (χ1n) is 8.95. The molecule has 8 heteroatoms. The van der Waals surface area contributed by atoms with Gasteiger partial charge in [0.15, 0.2) is 0 Å². The Labute approximate surface area is 154 Å². The number of sulfonamides is 1. The maximum Gasteiger partial charge on any atom is 0.307 e. The molecule has 1 saturated carbocycles. The second kappa shape index (κ2) is 8.64. The lowest BCUT2D eigenvalue weighted by Gasteiger charge is -2.27. The number of hydrogen-bond donors (Lipinski definition) is 2. The molecule has 2 atom stereocenters. The van der Waals surface area contributed by atoms with Gasteiger partial charge in [0.2, 0.25) is 15.9 Å². The SMILES string of the molecule is CCN(CC)S(=O)(=O)c1ccc(NC(=O)[C@H]2CCCC[C@@H]2C(=O)O)cc1. The number of carboxylic acid groups (broad SMARTS) is 1. The minimum atomic E-state index is -3.54. The zero-order valence-corrected chi connectivity index (χ0v) is 16.0. The van der Waals surface area contributed by atoms with Gasteiger partial charge < -0.3 is 10.4 Å². The quantitative estimate of drug-likeness (QED) is 0.754. The Balaban J connectivity index is 2.11. The number of hydrogen-bond acceptors (Lipinski definition) is 4. The predicted molar refractivity (Wildman–Crippen MR) is 98.3 cm³/mol. The second-order valence-corrected chi connectivity index (χ2v) is 8.38. The molecule has 0 spiro atoms. The highest BCUT2D eigenvalue weighted by atomic mass is 32.2. The Bertz CT molecular complexity index is 741. The van der Waals surface area contributed by atoms with Crippen LogP contribution >= 0.6 is 0 Å². The van der Waals surface area contributed by atoms with E-state index in [0.717, 1.165) is 12.8 Å². The molecule has 26 heavy (non-hydrogen) atoms. The van der Waals surface area contributed by atoms with Crippen LogP contribution in [-0.4, -0.2) is 42.8 Å². The van der Waals surface area contributed by atoms with Crippen molar-refractivity contribution < 1.29 is 23.1 Å². The molecule has 2 rings (SSSR count). The average molecular weight is 382 g/mol. The summed E-state index contributed by atoms with van der Waals surface area (Å²) in [6.45, 7) is 4.32. The third-order valence-electron chi connectivity index (χ3n) is 4.88. The number of benzene rings is 1. The van der Waals surface area contributed by atoms with Crippen LogP contribution in [0, 0.1) is 11.8 Å². The molecule has 0 aromatic heterocycles. The summed E-state index contributed by atoms with van der Waals surface area (Å²) in [5.41, 5.74) is 0.461. The smallest absolute Gasteiger partial charge is 0.307 e. The summed E-state index contributed by atoms with van der Waals surface area (Å²) in [5, 5.41) is 12.0. The van der Waals surface area contributed by atoms with E-state index in [0.29, 0.717) is 31.6 Å². The lowest BCUT2D eigenvalue weighted by atomic mass is 9.78. The van der Waals surface area contributed by atoms with E-state index in [4.69, 9.17) is 0 Å². The van der Waals surface area contributed by atoms with Crippen molar-refractivity contribution in [3.63, 3.8) is 0 Å². The first-order chi connectivity index (χ1) is 12.3. The molecule has 1 aliphatic rings. The molecule has 144 valence electrons. The zero-order valence-electron chi connectivity index (χ0n) is 15.1. The summed E-state index contributed by atoms with van der Waals surface area (Å²) >= 11 is 0. The van der Waals surface area contributed by atoms with E-state index in [2.05, 4.69) is 5.32 Å². The Kier molecular flexibility index (Phi) is 6.77. The number of amides is 1. The van der Waals surface area contributed by atoms with Gasteiger partial charge in [-0.2, -0.15) is 4.31 Å². The van der Waals surface area contributed by atoms with Gasteiger partial charge in [-0.15, -0.1) is 0 Å². The van der Waals surface area contributed by atoms with Crippen molar-refractivity contribution in [2.75, 3.05) is 18.4 Å². The molecular weight excluding hydrogens is 356 g/mol. The minimum Gasteiger partial charge on any atom is -0.481 e. The number of nitrogens with zero attached hydrogens (tertiary/aromatic N) is 1. The Hall–Kier alpha value is -1.93. The molecule has 1 fully saturated rings. The number of rotatable bonds is 7. The van der Waals surface area contributed by atoms with Gasteiger partial charge in [-0.25, -0.2) is 8.42 Å². The van der Waals surface area contributed by atoms with E-state index in [9.17, 15) is 23.1 Å². The van der Waals surface area contributed by atoms with Gasteiger partial charge in [-0.3, -0.25) is 9.59 Å². The van der Waals surface area contributed by atoms with E-state index in [1.165, 1.54) is 28.6 Å². The first-order valence-corrected chi connectivity index (χ1v) is 10.4. The second-order valence-electron chi connectivity index (χ2n) is 6.44. The third kappa shape index (κ3) is 4.42. The molecule has 1 aromatic carbocycles. The van der Waals surface area contributed by atoms with Crippen LogP contribution in [0.15, 0.2) is 29.2 Å². The molecule has 0 radical (unpaired) electrons. The molecule has 0 heterocycles. The van der Waals surface area contributed by atoms with Crippen LogP contribution < -0.4 is 5.32 Å². The van der Waals surface area contributed by atoms with Gasteiger partial charge in [0, 0.05) is 18.8 Å². The highest BCUT2D eigenvalue weighted by Gasteiger charge is 2.35. The predicted octanol–water partition coefficient (Wildman–Crippen LogP) is 2.55. The summed E-state index contributed by atoms with van der Waals surface area (Å²) in [7, 11) is -3.54. The van der Waals surface area contributed by atoms with Gasteiger partial charge in [0.05, 0.1) is 16.7 Å². The molecular formula is C18H26N2O5S. The molecule has 7 nitrogen and oxygen atoms in total.